The number of nitrogens with one attached hydrogen (secondary N) is 1. The van der Waals surface area contributed by atoms with Crippen molar-refractivity contribution in [2.24, 2.45) is 5.92 Å². The van der Waals surface area contributed by atoms with Crippen LogP contribution < -0.4 is 4.72 Å². The van der Waals surface area contributed by atoms with Gasteiger partial charge in [-0.05, 0) is 56.2 Å². The highest BCUT2D eigenvalue weighted by molar-refractivity contribution is 7.89. The van der Waals surface area contributed by atoms with Gasteiger partial charge >= 0.3 is 5.97 Å². The summed E-state index contributed by atoms with van der Waals surface area (Å²) in [7, 11) is -3.55. The van der Waals surface area contributed by atoms with Crippen molar-refractivity contribution < 1.29 is 18.3 Å². The summed E-state index contributed by atoms with van der Waals surface area (Å²) in [5, 5.41) is 8.80. The fourth-order valence-electron chi connectivity index (χ4n) is 2.89. The second-order valence-corrected chi connectivity index (χ2v) is 7.55. The molecule has 0 aromatic heterocycles. The molecule has 1 saturated carbocycles. The second-order valence-electron chi connectivity index (χ2n) is 5.86. The van der Waals surface area contributed by atoms with E-state index >= 15 is 0 Å². The monoisotopic (exact) mass is 311 g/mol. The van der Waals surface area contributed by atoms with Gasteiger partial charge in [0.2, 0.25) is 10.0 Å². The maximum atomic E-state index is 12.5. The third kappa shape index (κ3) is 4.04. The Morgan fingerprint density at radius 1 is 1.33 bits per heavy atom. The van der Waals surface area contributed by atoms with Crippen molar-refractivity contribution >= 4 is 16.0 Å². The number of aryl methyl sites for hydroxylation is 2. The van der Waals surface area contributed by atoms with Gasteiger partial charge in [-0.3, -0.25) is 4.79 Å². The maximum absolute atomic E-state index is 12.5. The topological polar surface area (TPSA) is 83.5 Å². The molecule has 2 rings (SSSR count). The molecule has 0 aliphatic heterocycles. The first-order valence-electron chi connectivity index (χ1n) is 7.09. The van der Waals surface area contributed by atoms with Gasteiger partial charge in [0.1, 0.15) is 0 Å². The molecule has 0 unspecified atom stereocenters. The molecule has 0 bridgehead atoms. The molecule has 0 amide bonds. The van der Waals surface area contributed by atoms with Crippen LogP contribution in [0.15, 0.2) is 23.1 Å². The minimum atomic E-state index is -3.55. The number of hydrogen-bond donors (Lipinski definition) is 2. The third-order valence-electron chi connectivity index (χ3n) is 3.96. The van der Waals surface area contributed by atoms with Gasteiger partial charge in [-0.1, -0.05) is 12.1 Å². The van der Waals surface area contributed by atoms with Crippen molar-refractivity contribution in [1.29, 1.82) is 0 Å². The predicted octanol–water partition coefficient (Wildman–Crippen LogP) is 2.23. The lowest BCUT2D eigenvalue weighted by Gasteiger charge is -2.15. The molecule has 1 fully saturated rings. The highest BCUT2D eigenvalue weighted by Gasteiger charge is 2.30. The minimum Gasteiger partial charge on any atom is -0.481 e. The van der Waals surface area contributed by atoms with Crippen LogP contribution in [0.2, 0.25) is 0 Å². The first kappa shape index (κ1) is 16.0. The van der Waals surface area contributed by atoms with Crippen LogP contribution in [0.3, 0.4) is 0 Å². The van der Waals surface area contributed by atoms with E-state index in [9.17, 15) is 13.2 Å². The Kier molecular flexibility index (Phi) is 4.68. The molecule has 1 aromatic rings. The zero-order valence-corrected chi connectivity index (χ0v) is 13.1. The zero-order valence-electron chi connectivity index (χ0n) is 12.3. The summed E-state index contributed by atoms with van der Waals surface area (Å²) in [6, 6.07) is 5.18. The van der Waals surface area contributed by atoms with E-state index in [-0.39, 0.29) is 18.4 Å². The average Bonchev–Trinajstić information content (AvgIpc) is 2.77. The summed E-state index contributed by atoms with van der Waals surface area (Å²) < 4.78 is 27.6. The van der Waals surface area contributed by atoms with Gasteiger partial charge in [-0.15, -0.1) is 0 Å². The van der Waals surface area contributed by atoms with E-state index in [4.69, 9.17) is 5.11 Å². The lowest BCUT2D eigenvalue weighted by Crippen LogP contribution is -2.33. The summed E-state index contributed by atoms with van der Waals surface area (Å²) in [5.74, 6) is -0.758. The number of hydrogen-bond acceptors (Lipinski definition) is 3. The Bertz CT molecular complexity index is 639. The maximum Gasteiger partial charge on any atom is 0.303 e. The molecule has 6 heteroatoms. The number of carboxylic acid groups (broad SMARTS) is 1. The largest absolute Gasteiger partial charge is 0.481 e. The molecule has 0 spiro atoms. The Morgan fingerprint density at radius 3 is 2.71 bits per heavy atom. The number of benzene rings is 1. The third-order valence-corrected chi connectivity index (χ3v) is 5.62. The van der Waals surface area contributed by atoms with Crippen LogP contribution >= 0.6 is 0 Å². The van der Waals surface area contributed by atoms with Crippen molar-refractivity contribution in [3.63, 3.8) is 0 Å². The van der Waals surface area contributed by atoms with E-state index in [1.54, 1.807) is 19.1 Å². The summed E-state index contributed by atoms with van der Waals surface area (Å²) in [6.07, 6.45) is 2.16. The van der Waals surface area contributed by atoms with E-state index in [2.05, 4.69) is 4.72 Å². The van der Waals surface area contributed by atoms with E-state index in [0.717, 1.165) is 12.0 Å². The van der Waals surface area contributed by atoms with Crippen LogP contribution in [0, 0.1) is 19.8 Å². The molecule has 0 heterocycles. The van der Waals surface area contributed by atoms with Gasteiger partial charge in [-0.25, -0.2) is 13.1 Å². The van der Waals surface area contributed by atoms with E-state index in [1.807, 2.05) is 13.0 Å². The molecule has 21 heavy (non-hydrogen) atoms. The molecule has 0 saturated heterocycles. The standard InChI is InChI=1S/C15H21NO4S/c1-10-3-4-11(2)14(7-10)21(19,20)16-13-6-5-12(8-13)9-15(17)18/h3-4,7,12-13,16H,5-6,8-9H2,1-2H3,(H,17,18)/t12-,13+/m0/s1. The number of carbonyl (C=O) groups is 1. The quantitative estimate of drug-likeness (QED) is 0.873. The molecule has 1 aliphatic rings. The average molecular weight is 311 g/mol. The SMILES string of the molecule is Cc1ccc(C)c(S(=O)(=O)N[C@@H]2CC[C@H](CC(=O)O)C2)c1. The molecule has 2 N–H and O–H groups in total. The second kappa shape index (κ2) is 6.15. The fourth-order valence-corrected chi connectivity index (χ4v) is 4.51. The molecule has 1 aromatic carbocycles. The summed E-state index contributed by atoms with van der Waals surface area (Å²) >= 11 is 0. The first-order valence-corrected chi connectivity index (χ1v) is 8.57. The molecular weight excluding hydrogens is 290 g/mol. The molecule has 5 nitrogen and oxygen atoms in total. The number of rotatable bonds is 5. The molecular formula is C15H21NO4S. The van der Waals surface area contributed by atoms with Crippen molar-refractivity contribution in [1.82, 2.24) is 4.72 Å². The van der Waals surface area contributed by atoms with Crippen LogP contribution in [0.4, 0.5) is 0 Å². The van der Waals surface area contributed by atoms with Crippen molar-refractivity contribution in [3.8, 4) is 0 Å². The highest BCUT2D eigenvalue weighted by atomic mass is 32.2. The van der Waals surface area contributed by atoms with Crippen LogP contribution in [-0.4, -0.2) is 25.5 Å². The van der Waals surface area contributed by atoms with E-state index in [0.29, 0.717) is 23.3 Å². The molecule has 1 aliphatic carbocycles. The Morgan fingerprint density at radius 2 is 2.05 bits per heavy atom. The smallest absolute Gasteiger partial charge is 0.303 e. The van der Waals surface area contributed by atoms with Crippen molar-refractivity contribution in [2.45, 2.75) is 50.5 Å². The Balaban J connectivity index is 2.08. The highest BCUT2D eigenvalue weighted by Crippen LogP contribution is 2.29. The van der Waals surface area contributed by atoms with Gasteiger partial charge in [0.25, 0.3) is 0 Å². The predicted molar refractivity (Wildman–Crippen MR) is 79.6 cm³/mol. The normalized spacial score (nSPS) is 22.4. The number of carboxylic acids is 1. The lowest BCUT2D eigenvalue weighted by molar-refractivity contribution is -0.138. The number of aliphatic carboxylic acids is 1. The molecule has 2 atom stereocenters. The van der Waals surface area contributed by atoms with Gasteiger partial charge in [-0.2, -0.15) is 0 Å². The van der Waals surface area contributed by atoms with Crippen molar-refractivity contribution in [2.75, 3.05) is 0 Å². The number of sulfonamides is 1. The van der Waals surface area contributed by atoms with Gasteiger partial charge < -0.3 is 5.11 Å². The van der Waals surface area contributed by atoms with E-state index in [1.165, 1.54) is 0 Å². The molecule has 0 radical (unpaired) electrons. The van der Waals surface area contributed by atoms with Crippen molar-refractivity contribution in [3.05, 3.63) is 29.3 Å². The van der Waals surface area contributed by atoms with E-state index < -0.39 is 16.0 Å². The summed E-state index contributed by atoms with van der Waals surface area (Å²) in [4.78, 5) is 11.0. The fraction of sp³-hybridized carbons (Fsp3) is 0.533. The van der Waals surface area contributed by atoms with Crippen LogP contribution in [0.1, 0.15) is 36.8 Å². The zero-order chi connectivity index (χ0) is 15.6. The van der Waals surface area contributed by atoms with Crippen LogP contribution in [0.5, 0.6) is 0 Å². The summed E-state index contributed by atoms with van der Waals surface area (Å²) in [6.45, 7) is 3.63. The van der Waals surface area contributed by atoms with Crippen LogP contribution in [0.25, 0.3) is 0 Å². The van der Waals surface area contributed by atoms with Gasteiger partial charge in [0.15, 0.2) is 0 Å². The lowest BCUT2D eigenvalue weighted by atomic mass is 10.0. The summed E-state index contributed by atoms with van der Waals surface area (Å²) in [5.41, 5.74) is 1.62. The van der Waals surface area contributed by atoms with Crippen LogP contribution in [-0.2, 0) is 14.8 Å². The first-order chi connectivity index (χ1) is 9.78. The molecule has 116 valence electrons. The van der Waals surface area contributed by atoms with Gasteiger partial charge in [0.05, 0.1) is 4.90 Å². The minimum absolute atomic E-state index is 0.0637. The van der Waals surface area contributed by atoms with Gasteiger partial charge in [0, 0.05) is 12.5 Å². The Labute approximate surface area is 125 Å². The Hall–Kier alpha value is -1.40.